The van der Waals surface area contributed by atoms with Crippen LogP contribution >= 0.6 is 0 Å². The fourth-order valence-corrected chi connectivity index (χ4v) is 2.47. The Morgan fingerprint density at radius 2 is 1.62 bits per heavy atom. The SMILES string of the molecule is C[N+](C)(CC(O)(O)c1ccccc1)c1cccc(CO)c1. The number of benzene rings is 2. The molecule has 4 heteroatoms. The number of hydrogen-bond acceptors (Lipinski definition) is 3. The highest BCUT2D eigenvalue weighted by Gasteiger charge is 2.36. The Morgan fingerprint density at radius 1 is 0.952 bits per heavy atom. The van der Waals surface area contributed by atoms with Crippen LogP contribution in [0.5, 0.6) is 0 Å². The first-order chi connectivity index (χ1) is 9.85. The second-order valence-electron chi connectivity index (χ2n) is 5.85. The van der Waals surface area contributed by atoms with E-state index in [-0.39, 0.29) is 17.6 Å². The summed E-state index contributed by atoms with van der Waals surface area (Å²) >= 11 is 0. The van der Waals surface area contributed by atoms with Gasteiger partial charge < -0.3 is 15.3 Å². The van der Waals surface area contributed by atoms with Crippen molar-refractivity contribution < 1.29 is 15.3 Å². The van der Waals surface area contributed by atoms with Crippen LogP contribution in [-0.4, -0.2) is 36.0 Å². The van der Waals surface area contributed by atoms with Gasteiger partial charge in [-0.2, -0.15) is 0 Å². The molecule has 0 saturated carbocycles. The summed E-state index contributed by atoms with van der Waals surface area (Å²) in [6.45, 7) is 0.0712. The minimum atomic E-state index is -1.92. The van der Waals surface area contributed by atoms with Gasteiger partial charge in [0.1, 0.15) is 12.2 Å². The van der Waals surface area contributed by atoms with E-state index >= 15 is 0 Å². The molecule has 112 valence electrons. The van der Waals surface area contributed by atoms with Crippen LogP contribution in [0.2, 0.25) is 0 Å². The number of nitrogens with zero attached hydrogens (tertiary/aromatic N) is 1. The molecule has 4 nitrogen and oxygen atoms in total. The Hall–Kier alpha value is -1.72. The first-order valence-electron chi connectivity index (χ1n) is 6.89. The Labute approximate surface area is 125 Å². The highest BCUT2D eigenvalue weighted by atomic mass is 16.5. The average Bonchev–Trinajstić information content (AvgIpc) is 2.47. The van der Waals surface area contributed by atoms with Gasteiger partial charge in [0.25, 0.3) is 0 Å². The van der Waals surface area contributed by atoms with E-state index in [1.165, 1.54) is 0 Å². The summed E-state index contributed by atoms with van der Waals surface area (Å²) in [6.07, 6.45) is 0. The van der Waals surface area contributed by atoms with Crippen molar-refractivity contribution in [3.05, 3.63) is 65.7 Å². The van der Waals surface area contributed by atoms with Gasteiger partial charge in [-0.1, -0.05) is 42.5 Å². The monoisotopic (exact) mass is 288 g/mol. The fourth-order valence-electron chi connectivity index (χ4n) is 2.47. The Bertz CT molecular complexity index is 594. The quantitative estimate of drug-likeness (QED) is 0.578. The van der Waals surface area contributed by atoms with Crippen molar-refractivity contribution in [1.82, 2.24) is 4.48 Å². The number of aliphatic hydroxyl groups is 3. The topological polar surface area (TPSA) is 60.7 Å². The third-order valence-electron chi connectivity index (χ3n) is 3.64. The van der Waals surface area contributed by atoms with Crippen LogP contribution in [-0.2, 0) is 12.4 Å². The number of likely N-dealkylation sites (N-methyl/N-ethyl adjacent to an activating group) is 1. The molecular formula is C17H22NO3+. The lowest BCUT2D eigenvalue weighted by molar-refractivity contribution is -0.177. The highest BCUT2D eigenvalue weighted by molar-refractivity contribution is 5.45. The van der Waals surface area contributed by atoms with Crippen molar-refractivity contribution in [1.29, 1.82) is 0 Å². The van der Waals surface area contributed by atoms with Crippen molar-refractivity contribution in [2.75, 3.05) is 20.6 Å². The minimum Gasteiger partial charge on any atom is -0.392 e. The second-order valence-corrected chi connectivity index (χ2v) is 5.85. The lowest BCUT2D eigenvalue weighted by Gasteiger charge is -2.35. The first kappa shape index (κ1) is 15.7. The van der Waals surface area contributed by atoms with E-state index in [9.17, 15) is 15.3 Å². The predicted molar refractivity (Wildman–Crippen MR) is 83.4 cm³/mol. The summed E-state index contributed by atoms with van der Waals surface area (Å²) in [6, 6.07) is 16.3. The van der Waals surface area contributed by atoms with Crippen molar-refractivity contribution in [3.63, 3.8) is 0 Å². The van der Waals surface area contributed by atoms with Gasteiger partial charge in [0.2, 0.25) is 5.79 Å². The molecule has 0 heterocycles. The maximum absolute atomic E-state index is 10.4. The van der Waals surface area contributed by atoms with E-state index in [1.54, 1.807) is 24.3 Å². The molecule has 0 unspecified atom stereocenters. The average molecular weight is 288 g/mol. The summed E-state index contributed by atoms with van der Waals surface area (Å²) in [5.74, 6) is -1.92. The van der Waals surface area contributed by atoms with Crippen LogP contribution < -0.4 is 4.48 Å². The molecule has 21 heavy (non-hydrogen) atoms. The third kappa shape index (κ3) is 3.68. The number of aliphatic hydroxyl groups excluding tert-OH is 1. The standard InChI is InChI=1S/C17H22NO3/c1-18(2,16-10-6-7-14(11-16)12-19)13-17(20,21)15-8-4-3-5-9-15/h3-11,19-21H,12-13H2,1-2H3/q+1. The van der Waals surface area contributed by atoms with Gasteiger partial charge in [0.05, 0.1) is 20.7 Å². The first-order valence-corrected chi connectivity index (χ1v) is 6.89. The van der Waals surface area contributed by atoms with Gasteiger partial charge in [0, 0.05) is 11.6 Å². The summed E-state index contributed by atoms with van der Waals surface area (Å²) in [4.78, 5) is 0. The van der Waals surface area contributed by atoms with Gasteiger partial charge >= 0.3 is 0 Å². The molecule has 2 aromatic carbocycles. The zero-order valence-electron chi connectivity index (χ0n) is 12.4. The van der Waals surface area contributed by atoms with Crippen LogP contribution in [0, 0.1) is 0 Å². The summed E-state index contributed by atoms with van der Waals surface area (Å²) in [7, 11) is 3.81. The minimum absolute atomic E-state index is 0.0318. The van der Waals surface area contributed by atoms with E-state index in [2.05, 4.69) is 0 Å². The molecule has 0 amide bonds. The molecule has 0 spiro atoms. The molecule has 0 fully saturated rings. The number of hydrogen-bond donors (Lipinski definition) is 3. The van der Waals surface area contributed by atoms with Crippen molar-refractivity contribution in [3.8, 4) is 0 Å². The molecule has 0 aromatic heterocycles. The molecule has 2 rings (SSSR count). The fraction of sp³-hybridized carbons (Fsp3) is 0.294. The van der Waals surface area contributed by atoms with Crippen molar-refractivity contribution in [2.45, 2.75) is 12.4 Å². The molecule has 0 radical (unpaired) electrons. The molecule has 0 atom stereocenters. The largest absolute Gasteiger partial charge is 0.392 e. The zero-order valence-corrected chi connectivity index (χ0v) is 12.4. The van der Waals surface area contributed by atoms with Crippen molar-refractivity contribution >= 4 is 5.69 Å². The molecule has 0 aliphatic heterocycles. The lowest BCUT2D eigenvalue weighted by atomic mass is 10.0. The number of rotatable bonds is 5. The van der Waals surface area contributed by atoms with Crippen LogP contribution in [0.1, 0.15) is 11.1 Å². The molecule has 3 N–H and O–H groups in total. The Balaban J connectivity index is 2.27. The smallest absolute Gasteiger partial charge is 0.241 e. The highest BCUT2D eigenvalue weighted by Crippen LogP contribution is 2.27. The lowest BCUT2D eigenvalue weighted by Crippen LogP contribution is -2.51. The van der Waals surface area contributed by atoms with Gasteiger partial charge in [0.15, 0.2) is 0 Å². The second kappa shape index (κ2) is 5.95. The molecule has 0 saturated heterocycles. The number of quaternary nitrogens is 1. The molecule has 0 aliphatic rings. The van der Waals surface area contributed by atoms with Gasteiger partial charge in [-0.3, -0.25) is 4.48 Å². The molecule has 0 bridgehead atoms. The van der Waals surface area contributed by atoms with Crippen LogP contribution in [0.25, 0.3) is 0 Å². The normalized spacial score (nSPS) is 12.4. The van der Waals surface area contributed by atoms with Gasteiger partial charge in [-0.15, -0.1) is 0 Å². The van der Waals surface area contributed by atoms with E-state index < -0.39 is 5.79 Å². The Kier molecular flexibility index (Phi) is 4.44. The molecular weight excluding hydrogens is 266 g/mol. The molecule has 0 aliphatic carbocycles. The zero-order chi connectivity index (χ0) is 15.5. The van der Waals surface area contributed by atoms with Crippen LogP contribution in [0.4, 0.5) is 5.69 Å². The molecule has 2 aromatic rings. The summed E-state index contributed by atoms with van der Waals surface area (Å²) < 4.78 is 0.287. The van der Waals surface area contributed by atoms with Crippen LogP contribution in [0.3, 0.4) is 0 Å². The Morgan fingerprint density at radius 3 is 2.24 bits per heavy atom. The summed E-state index contributed by atoms with van der Waals surface area (Å²) in [5, 5.41) is 30.0. The van der Waals surface area contributed by atoms with Crippen molar-refractivity contribution in [2.24, 2.45) is 0 Å². The maximum atomic E-state index is 10.4. The van der Waals surface area contributed by atoms with Gasteiger partial charge in [-0.25, -0.2) is 0 Å². The van der Waals surface area contributed by atoms with E-state index in [0.717, 1.165) is 11.3 Å². The summed E-state index contributed by atoms with van der Waals surface area (Å²) in [5.41, 5.74) is 2.18. The van der Waals surface area contributed by atoms with E-state index in [1.807, 2.05) is 44.4 Å². The van der Waals surface area contributed by atoms with E-state index in [4.69, 9.17) is 0 Å². The van der Waals surface area contributed by atoms with E-state index in [0.29, 0.717) is 5.56 Å². The maximum Gasteiger partial charge on any atom is 0.241 e. The van der Waals surface area contributed by atoms with Gasteiger partial charge in [-0.05, 0) is 11.6 Å². The third-order valence-corrected chi connectivity index (χ3v) is 3.64. The van der Waals surface area contributed by atoms with Crippen LogP contribution in [0.15, 0.2) is 54.6 Å². The predicted octanol–water partition coefficient (Wildman–Crippen LogP) is 1.58.